The topological polar surface area (TPSA) is 47.3 Å². The van der Waals surface area contributed by atoms with Gasteiger partial charge in [-0.2, -0.15) is 0 Å². The van der Waals surface area contributed by atoms with Gasteiger partial charge in [0.15, 0.2) is 0 Å². The van der Waals surface area contributed by atoms with E-state index >= 15 is 0 Å². The number of aliphatic hydroxyl groups is 1. The zero-order chi connectivity index (χ0) is 14.4. The average Bonchev–Trinajstić information content (AvgIpc) is 2.88. The lowest BCUT2D eigenvalue weighted by molar-refractivity contribution is -0.0141. The highest BCUT2D eigenvalue weighted by Crippen LogP contribution is 2.22. The Labute approximate surface area is 120 Å². The van der Waals surface area contributed by atoms with Gasteiger partial charge in [-0.25, -0.2) is 4.98 Å². The van der Waals surface area contributed by atoms with Crippen molar-refractivity contribution in [1.29, 1.82) is 0 Å². The molecule has 1 aromatic carbocycles. The Morgan fingerprint density at radius 2 is 2.05 bits per heavy atom. The SMILES string of the molecule is CCCn1ccnc1CC(O)C(OC)c1ccccc1. The number of rotatable bonds is 7. The first kappa shape index (κ1) is 14.8. The van der Waals surface area contributed by atoms with Crippen LogP contribution in [0.25, 0.3) is 0 Å². The van der Waals surface area contributed by atoms with Crippen LogP contribution in [0.15, 0.2) is 42.7 Å². The summed E-state index contributed by atoms with van der Waals surface area (Å²) in [5.41, 5.74) is 0.982. The summed E-state index contributed by atoms with van der Waals surface area (Å²) in [6.45, 7) is 3.05. The Hall–Kier alpha value is -1.65. The first-order valence-electron chi connectivity index (χ1n) is 7.02. The predicted octanol–water partition coefficient (Wildman–Crippen LogP) is 2.58. The van der Waals surface area contributed by atoms with Crippen LogP contribution in [0.4, 0.5) is 0 Å². The summed E-state index contributed by atoms with van der Waals surface area (Å²) in [5, 5.41) is 10.4. The van der Waals surface area contributed by atoms with Crippen molar-refractivity contribution in [2.24, 2.45) is 0 Å². The second-order valence-electron chi connectivity index (χ2n) is 4.88. The van der Waals surface area contributed by atoms with Gasteiger partial charge in [0, 0.05) is 32.5 Å². The molecule has 4 nitrogen and oxygen atoms in total. The molecule has 20 heavy (non-hydrogen) atoms. The standard InChI is InChI=1S/C16H22N2O2/c1-3-10-18-11-9-17-15(18)12-14(19)16(20-2)13-7-5-4-6-8-13/h4-9,11,14,16,19H,3,10,12H2,1-2H3. The van der Waals surface area contributed by atoms with E-state index in [9.17, 15) is 5.11 Å². The zero-order valence-corrected chi connectivity index (χ0v) is 12.1. The lowest BCUT2D eigenvalue weighted by Gasteiger charge is -2.22. The Bertz CT molecular complexity index is 510. The molecule has 0 amide bonds. The first-order valence-corrected chi connectivity index (χ1v) is 7.02. The van der Waals surface area contributed by atoms with E-state index in [0.717, 1.165) is 24.4 Å². The molecule has 0 saturated carbocycles. The number of nitrogens with zero attached hydrogens (tertiary/aromatic N) is 2. The molecule has 2 aromatic rings. The molecule has 0 aliphatic heterocycles. The molecule has 4 heteroatoms. The summed E-state index contributed by atoms with van der Waals surface area (Å²) in [5.74, 6) is 0.900. The first-order chi connectivity index (χ1) is 9.76. The number of methoxy groups -OCH3 is 1. The monoisotopic (exact) mass is 274 g/mol. The third-order valence-electron chi connectivity index (χ3n) is 3.39. The van der Waals surface area contributed by atoms with Crippen molar-refractivity contribution in [1.82, 2.24) is 9.55 Å². The van der Waals surface area contributed by atoms with Crippen molar-refractivity contribution >= 4 is 0 Å². The normalized spacial score (nSPS) is 14.2. The third-order valence-corrected chi connectivity index (χ3v) is 3.39. The minimum absolute atomic E-state index is 0.331. The van der Waals surface area contributed by atoms with Gasteiger partial charge >= 0.3 is 0 Å². The van der Waals surface area contributed by atoms with Gasteiger partial charge in [0.25, 0.3) is 0 Å². The molecule has 108 valence electrons. The fraction of sp³-hybridized carbons (Fsp3) is 0.438. The van der Waals surface area contributed by atoms with Crippen LogP contribution >= 0.6 is 0 Å². The third kappa shape index (κ3) is 3.46. The summed E-state index contributed by atoms with van der Waals surface area (Å²) in [6, 6.07) is 9.79. The molecule has 2 rings (SSSR count). The lowest BCUT2D eigenvalue weighted by atomic mass is 10.0. The van der Waals surface area contributed by atoms with Crippen LogP contribution in [0.3, 0.4) is 0 Å². The fourth-order valence-corrected chi connectivity index (χ4v) is 2.43. The van der Waals surface area contributed by atoms with Gasteiger partial charge in [-0.1, -0.05) is 37.3 Å². The Kier molecular flexibility index (Phi) is 5.32. The number of benzene rings is 1. The number of hydrogen-bond donors (Lipinski definition) is 1. The van der Waals surface area contributed by atoms with Gasteiger partial charge in [-0.15, -0.1) is 0 Å². The zero-order valence-electron chi connectivity index (χ0n) is 12.1. The highest BCUT2D eigenvalue weighted by atomic mass is 16.5. The van der Waals surface area contributed by atoms with Crippen LogP contribution in [-0.2, 0) is 17.7 Å². The Morgan fingerprint density at radius 3 is 2.70 bits per heavy atom. The molecular weight excluding hydrogens is 252 g/mol. The molecule has 0 saturated heterocycles. The minimum Gasteiger partial charge on any atom is -0.390 e. The van der Waals surface area contributed by atoms with Crippen molar-refractivity contribution in [3.8, 4) is 0 Å². The van der Waals surface area contributed by atoms with Crippen LogP contribution in [0.1, 0.15) is 30.8 Å². The highest BCUT2D eigenvalue weighted by Gasteiger charge is 2.22. The van der Waals surface area contributed by atoms with E-state index in [-0.39, 0.29) is 6.10 Å². The number of aliphatic hydroxyl groups excluding tert-OH is 1. The Balaban J connectivity index is 2.09. The van der Waals surface area contributed by atoms with Crippen molar-refractivity contribution < 1.29 is 9.84 Å². The maximum absolute atomic E-state index is 10.4. The Morgan fingerprint density at radius 1 is 1.30 bits per heavy atom. The summed E-state index contributed by atoms with van der Waals surface area (Å²) >= 11 is 0. The van der Waals surface area contributed by atoms with E-state index < -0.39 is 6.10 Å². The number of hydrogen-bond acceptors (Lipinski definition) is 3. The maximum Gasteiger partial charge on any atom is 0.111 e. The van der Waals surface area contributed by atoms with Crippen LogP contribution < -0.4 is 0 Å². The molecule has 2 atom stereocenters. The van der Waals surface area contributed by atoms with Gasteiger partial charge in [0.05, 0.1) is 6.10 Å². The molecule has 1 aromatic heterocycles. The number of aryl methyl sites for hydroxylation is 1. The van der Waals surface area contributed by atoms with Gasteiger partial charge < -0.3 is 14.4 Å². The van der Waals surface area contributed by atoms with Crippen LogP contribution in [0, 0.1) is 0 Å². The van der Waals surface area contributed by atoms with Crippen molar-refractivity contribution in [2.75, 3.05) is 7.11 Å². The smallest absolute Gasteiger partial charge is 0.111 e. The molecule has 0 fully saturated rings. The quantitative estimate of drug-likeness (QED) is 0.844. The number of ether oxygens (including phenoxy) is 1. The summed E-state index contributed by atoms with van der Waals surface area (Å²) in [6.07, 6.45) is 4.33. The molecule has 0 aliphatic carbocycles. The maximum atomic E-state index is 10.4. The van der Waals surface area contributed by atoms with Crippen LogP contribution in [0.5, 0.6) is 0 Å². The lowest BCUT2D eigenvalue weighted by Crippen LogP contribution is -2.24. The fourth-order valence-electron chi connectivity index (χ4n) is 2.43. The predicted molar refractivity (Wildman–Crippen MR) is 78.4 cm³/mol. The van der Waals surface area contributed by atoms with Gasteiger partial charge in [-0.05, 0) is 12.0 Å². The second kappa shape index (κ2) is 7.22. The minimum atomic E-state index is -0.611. The molecule has 2 unspecified atom stereocenters. The van der Waals surface area contributed by atoms with E-state index in [4.69, 9.17) is 4.74 Å². The summed E-state index contributed by atoms with van der Waals surface area (Å²) in [7, 11) is 1.62. The van der Waals surface area contributed by atoms with E-state index in [1.807, 2.05) is 36.5 Å². The van der Waals surface area contributed by atoms with Gasteiger partial charge in [0.1, 0.15) is 11.9 Å². The van der Waals surface area contributed by atoms with Crippen molar-refractivity contribution in [3.63, 3.8) is 0 Å². The van der Waals surface area contributed by atoms with Gasteiger partial charge in [-0.3, -0.25) is 0 Å². The molecule has 0 aliphatic rings. The van der Waals surface area contributed by atoms with Crippen molar-refractivity contribution in [2.45, 2.75) is 38.5 Å². The molecule has 0 spiro atoms. The number of imidazole rings is 1. The van der Waals surface area contributed by atoms with E-state index in [1.54, 1.807) is 13.3 Å². The number of aromatic nitrogens is 2. The molecule has 0 bridgehead atoms. The molecule has 1 N–H and O–H groups in total. The summed E-state index contributed by atoms with van der Waals surface area (Å²) < 4.78 is 7.54. The molecule has 0 radical (unpaired) electrons. The second-order valence-corrected chi connectivity index (χ2v) is 4.88. The molecular formula is C16H22N2O2. The highest BCUT2D eigenvalue weighted by molar-refractivity contribution is 5.19. The average molecular weight is 274 g/mol. The van der Waals surface area contributed by atoms with E-state index in [0.29, 0.717) is 6.42 Å². The molecule has 1 heterocycles. The van der Waals surface area contributed by atoms with Crippen molar-refractivity contribution in [3.05, 3.63) is 54.1 Å². The largest absolute Gasteiger partial charge is 0.390 e. The summed E-state index contributed by atoms with van der Waals surface area (Å²) in [4.78, 5) is 4.33. The van der Waals surface area contributed by atoms with Crippen LogP contribution in [-0.4, -0.2) is 27.9 Å². The van der Waals surface area contributed by atoms with Gasteiger partial charge in [0.2, 0.25) is 0 Å². The van der Waals surface area contributed by atoms with Crippen LogP contribution in [0.2, 0.25) is 0 Å². The van der Waals surface area contributed by atoms with E-state index in [1.165, 1.54) is 0 Å². The van der Waals surface area contributed by atoms with E-state index in [2.05, 4.69) is 16.5 Å².